The van der Waals surface area contributed by atoms with Gasteiger partial charge >= 0.3 is 0 Å². The Morgan fingerprint density at radius 1 is 0.957 bits per heavy atom. The fraction of sp³-hybridized carbons (Fsp3) is 0.250. The molecule has 7 heteroatoms. The number of fused-ring (bicyclic) bond motifs is 1. The van der Waals surface area contributed by atoms with Crippen molar-refractivity contribution >= 4 is 36.6 Å². The van der Waals surface area contributed by atoms with Crippen molar-refractivity contribution in [3.05, 3.63) is 53.3 Å². The molecule has 0 fully saturated rings. The average molecular weight is 356 g/mol. The van der Waals surface area contributed by atoms with Crippen LogP contribution in [-0.4, -0.2) is 15.4 Å². The van der Waals surface area contributed by atoms with Crippen molar-refractivity contribution in [3.63, 3.8) is 0 Å². The van der Waals surface area contributed by atoms with Crippen molar-refractivity contribution in [2.75, 3.05) is 6.66 Å². The molecule has 0 spiro atoms. The van der Waals surface area contributed by atoms with Crippen LogP contribution in [0.1, 0.15) is 25.3 Å². The fourth-order valence-corrected chi connectivity index (χ4v) is 2.97. The van der Waals surface area contributed by atoms with Crippen molar-refractivity contribution in [3.8, 4) is 0 Å². The molecule has 1 atom stereocenters. The maximum atomic E-state index is 12.9. The maximum Gasteiger partial charge on any atom is 0.194 e. The molecular formula is C16H16F3N2PS. The summed E-state index contributed by atoms with van der Waals surface area (Å²) in [6.45, 7) is 5.60. The Balaban J connectivity index is 0.000000167. The topological polar surface area (TPSA) is 25.8 Å². The highest BCUT2D eigenvalue weighted by molar-refractivity contribution is 7.46. The van der Waals surface area contributed by atoms with Gasteiger partial charge in [0, 0.05) is 0 Å². The van der Waals surface area contributed by atoms with E-state index in [1.807, 2.05) is 6.07 Å². The molecule has 2 nitrogen and oxygen atoms in total. The van der Waals surface area contributed by atoms with Gasteiger partial charge in [-0.05, 0) is 41.6 Å². The molecule has 1 heterocycles. The smallest absolute Gasteiger partial charge is 0.194 e. The van der Waals surface area contributed by atoms with Crippen LogP contribution < -0.4 is 5.30 Å². The number of hydrogen-bond donors (Lipinski definition) is 0. The van der Waals surface area contributed by atoms with E-state index in [1.165, 1.54) is 23.1 Å². The molecule has 0 radical (unpaired) electrons. The van der Waals surface area contributed by atoms with E-state index in [0.717, 1.165) is 25.7 Å². The minimum Gasteiger partial charge on any atom is -0.204 e. The van der Waals surface area contributed by atoms with Gasteiger partial charge in [-0.25, -0.2) is 13.2 Å². The van der Waals surface area contributed by atoms with Gasteiger partial charge in [-0.2, -0.15) is 8.75 Å². The zero-order chi connectivity index (χ0) is 17.0. The van der Waals surface area contributed by atoms with E-state index >= 15 is 0 Å². The normalized spacial score (nSPS) is 11.3. The number of aromatic nitrogens is 2. The van der Waals surface area contributed by atoms with E-state index in [1.54, 1.807) is 13.8 Å². The zero-order valence-corrected chi connectivity index (χ0v) is 14.7. The average Bonchev–Trinajstić information content (AvgIpc) is 3.00. The van der Waals surface area contributed by atoms with Gasteiger partial charge in [0.2, 0.25) is 0 Å². The molecule has 122 valence electrons. The highest BCUT2D eigenvalue weighted by Gasteiger charge is 2.14. The van der Waals surface area contributed by atoms with E-state index in [0.29, 0.717) is 0 Å². The lowest BCUT2D eigenvalue weighted by atomic mass is 10.0. The van der Waals surface area contributed by atoms with E-state index in [-0.39, 0.29) is 11.5 Å². The SMILES string of the molecule is CC(C)c1ccc(F)c(F)c1F.CPc1ccc2nsnc2c1. The van der Waals surface area contributed by atoms with E-state index in [9.17, 15) is 13.2 Å². The molecule has 0 aliphatic heterocycles. The van der Waals surface area contributed by atoms with Crippen LogP contribution in [0.4, 0.5) is 13.2 Å². The lowest BCUT2D eigenvalue weighted by Gasteiger charge is -2.06. The highest BCUT2D eigenvalue weighted by atomic mass is 32.1. The van der Waals surface area contributed by atoms with Gasteiger partial charge in [-0.1, -0.05) is 34.6 Å². The van der Waals surface area contributed by atoms with Crippen molar-refractivity contribution in [1.82, 2.24) is 8.75 Å². The zero-order valence-electron chi connectivity index (χ0n) is 12.9. The summed E-state index contributed by atoms with van der Waals surface area (Å²) in [6.07, 6.45) is 0. The second-order valence-corrected chi connectivity index (χ2v) is 6.74. The summed E-state index contributed by atoms with van der Waals surface area (Å²) in [4.78, 5) is 0. The van der Waals surface area contributed by atoms with Crippen LogP contribution in [0, 0.1) is 17.5 Å². The first-order valence-corrected chi connectivity index (χ1v) is 9.20. The van der Waals surface area contributed by atoms with Crippen LogP contribution in [0.3, 0.4) is 0 Å². The first-order chi connectivity index (χ1) is 10.9. The molecule has 1 aromatic heterocycles. The highest BCUT2D eigenvalue weighted by Crippen LogP contribution is 2.21. The number of hydrogen-bond acceptors (Lipinski definition) is 3. The molecule has 3 aromatic rings. The van der Waals surface area contributed by atoms with Crippen molar-refractivity contribution in [1.29, 1.82) is 0 Å². The molecule has 2 aromatic carbocycles. The van der Waals surface area contributed by atoms with Crippen LogP contribution in [0.15, 0.2) is 30.3 Å². The van der Waals surface area contributed by atoms with Gasteiger partial charge in [0.1, 0.15) is 11.0 Å². The Bertz CT molecular complexity index is 805. The summed E-state index contributed by atoms with van der Waals surface area (Å²) >= 11 is 1.28. The maximum absolute atomic E-state index is 12.9. The molecule has 0 N–H and O–H groups in total. The molecule has 23 heavy (non-hydrogen) atoms. The molecule has 1 unspecified atom stereocenters. The standard InChI is InChI=1S/C9H9F3.C7H7N2PS/c1-5(2)6-3-4-7(10)9(12)8(6)11;1-10-5-2-3-6-7(4-5)9-11-8-6/h3-5H,1-2H3;2-4,10H,1H3. The summed E-state index contributed by atoms with van der Waals surface area (Å²) in [5, 5.41) is 1.35. The van der Waals surface area contributed by atoms with Gasteiger partial charge < -0.3 is 0 Å². The van der Waals surface area contributed by atoms with E-state index in [2.05, 4.69) is 27.5 Å². The van der Waals surface area contributed by atoms with Gasteiger partial charge in [-0.15, -0.1) is 0 Å². The van der Waals surface area contributed by atoms with Gasteiger partial charge in [0.25, 0.3) is 0 Å². The summed E-state index contributed by atoms with van der Waals surface area (Å²) < 4.78 is 46.2. The lowest BCUT2D eigenvalue weighted by molar-refractivity contribution is 0.438. The Labute approximate surface area is 138 Å². The summed E-state index contributed by atoms with van der Waals surface area (Å²) in [5.74, 6) is -3.75. The first-order valence-electron chi connectivity index (χ1n) is 6.97. The predicted molar refractivity (Wildman–Crippen MR) is 91.7 cm³/mol. The minimum absolute atomic E-state index is 0.139. The summed E-state index contributed by atoms with van der Waals surface area (Å²) in [6, 6.07) is 8.45. The molecule has 0 saturated heterocycles. The third kappa shape index (κ3) is 4.27. The molecule has 3 rings (SSSR count). The second kappa shape index (κ2) is 7.84. The quantitative estimate of drug-likeness (QED) is 0.484. The predicted octanol–water partition coefficient (Wildman–Crippen LogP) is 4.85. The van der Waals surface area contributed by atoms with Crippen molar-refractivity contribution in [2.24, 2.45) is 0 Å². The number of benzene rings is 2. The number of rotatable bonds is 2. The Morgan fingerprint density at radius 2 is 1.65 bits per heavy atom. The fourth-order valence-electron chi connectivity index (χ4n) is 1.92. The lowest BCUT2D eigenvalue weighted by Crippen LogP contribution is -1.98. The van der Waals surface area contributed by atoms with Crippen LogP contribution in [0.25, 0.3) is 11.0 Å². The molecule has 0 bridgehead atoms. The van der Waals surface area contributed by atoms with Crippen LogP contribution in [0.2, 0.25) is 0 Å². The van der Waals surface area contributed by atoms with Gasteiger partial charge in [0.15, 0.2) is 17.5 Å². The van der Waals surface area contributed by atoms with Gasteiger partial charge in [-0.3, -0.25) is 0 Å². The van der Waals surface area contributed by atoms with Gasteiger partial charge in [0.05, 0.1) is 11.7 Å². The Morgan fingerprint density at radius 3 is 2.30 bits per heavy atom. The van der Waals surface area contributed by atoms with E-state index in [4.69, 9.17) is 0 Å². The first kappa shape index (κ1) is 17.8. The second-order valence-electron chi connectivity index (χ2n) is 5.14. The molecule has 0 saturated carbocycles. The monoisotopic (exact) mass is 356 g/mol. The van der Waals surface area contributed by atoms with E-state index < -0.39 is 17.5 Å². The molecule has 0 amide bonds. The largest absolute Gasteiger partial charge is 0.204 e. The number of nitrogens with zero attached hydrogens (tertiary/aromatic N) is 2. The third-order valence-corrected chi connectivity index (χ3v) is 4.67. The molecular weight excluding hydrogens is 340 g/mol. The van der Waals surface area contributed by atoms with Crippen molar-refractivity contribution in [2.45, 2.75) is 19.8 Å². The summed E-state index contributed by atoms with van der Waals surface area (Å²) in [7, 11) is 0.843. The Kier molecular flexibility index (Phi) is 6.08. The minimum atomic E-state index is -1.39. The summed E-state index contributed by atoms with van der Waals surface area (Å²) in [5.41, 5.74) is 2.24. The third-order valence-electron chi connectivity index (χ3n) is 3.23. The van der Waals surface area contributed by atoms with Crippen LogP contribution in [-0.2, 0) is 0 Å². The Hall–Kier alpha value is -1.52. The van der Waals surface area contributed by atoms with Crippen LogP contribution in [0.5, 0.6) is 0 Å². The number of halogens is 3. The van der Waals surface area contributed by atoms with Crippen molar-refractivity contribution < 1.29 is 13.2 Å². The molecule has 0 aliphatic rings. The van der Waals surface area contributed by atoms with Crippen LogP contribution >= 0.6 is 20.3 Å². The molecule has 0 aliphatic carbocycles.